The number of fused-ring (bicyclic) bond motifs is 3. The predicted octanol–water partition coefficient (Wildman–Crippen LogP) is 3.95. The standard InChI is InChI=1S/C29H31N5O2/c30-19-29(26-9-3-4-12-31-26)10-14-33(15-11-29)17-20-16-22-23(27-21(20)6-5-13-32-27)18-34(28(22)36)24-7-1-2-8-25(24)35/h3-6,9,12-13,16,24-25,35H,1-2,7-8,10-11,14-15,17-18H2/t24-,25-/m0/s1. The highest BCUT2D eigenvalue weighted by atomic mass is 16.3. The summed E-state index contributed by atoms with van der Waals surface area (Å²) in [4.78, 5) is 27.0. The van der Waals surface area contributed by atoms with E-state index in [1.807, 2.05) is 29.2 Å². The maximum Gasteiger partial charge on any atom is 0.254 e. The first-order valence-corrected chi connectivity index (χ1v) is 13.0. The summed E-state index contributed by atoms with van der Waals surface area (Å²) in [7, 11) is 0. The molecule has 4 heterocycles. The number of aliphatic hydroxyl groups is 1. The zero-order chi connectivity index (χ0) is 24.7. The van der Waals surface area contributed by atoms with Crippen molar-refractivity contribution in [3.8, 4) is 6.07 Å². The van der Waals surface area contributed by atoms with Crippen LogP contribution in [0.4, 0.5) is 0 Å². The number of hydrogen-bond donors (Lipinski definition) is 1. The minimum atomic E-state index is -0.545. The van der Waals surface area contributed by atoms with E-state index in [1.165, 1.54) is 0 Å². The van der Waals surface area contributed by atoms with Crippen molar-refractivity contribution < 1.29 is 9.90 Å². The molecule has 2 atom stereocenters. The molecule has 2 aromatic heterocycles. The number of nitrogens with zero attached hydrogens (tertiary/aromatic N) is 5. The van der Waals surface area contributed by atoms with Crippen LogP contribution in [0, 0.1) is 11.3 Å². The number of rotatable bonds is 4. The molecule has 1 aliphatic carbocycles. The van der Waals surface area contributed by atoms with E-state index in [-0.39, 0.29) is 11.9 Å². The number of carbonyl (C=O) groups is 1. The van der Waals surface area contributed by atoms with E-state index in [0.717, 1.165) is 84.9 Å². The maximum absolute atomic E-state index is 13.5. The lowest BCUT2D eigenvalue weighted by Gasteiger charge is -2.37. The Morgan fingerprint density at radius 3 is 2.64 bits per heavy atom. The Morgan fingerprint density at radius 1 is 1.08 bits per heavy atom. The molecule has 1 saturated heterocycles. The lowest BCUT2D eigenvalue weighted by atomic mass is 9.76. The SMILES string of the molecule is N#CC1(c2ccccn2)CCN(Cc2cc3c(c4ncccc24)CN([C@H]2CCCC[C@@H]2O)C3=O)CC1. The first-order chi connectivity index (χ1) is 17.6. The Morgan fingerprint density at radius 2 is 1.89 bits per heavy atom. The quantitative estimate of drug-likeness (QED) is 0.607. The molecular weight excluding hydrogens is 450 g/mol. The van der Waals surface area contributed by atoms with E-state index in [0.29, 0.717) is 13.1 Å². The van der Waals surface area contributed by atoms with Gasteiger partial charge in [0.25, 0.3) is 5.91 Å². The van der Waals surface area contributed by atoms with Crippen LogP contribution in [0.15, 0.2) is 48.8 Å². The van der Waals surface area contributed by atoms with Crippen LogP contribution >= 0.6 is 0 Å². The van der Waals surface area contributed by atoms with Crippen LogP contribution in [0.5, 0.6) is 0 Å². The van der Waals surface area contributed by atoms with Gasteiger partial charge in [-0.25, -0.2) is 0 Å². The third-order valence-electron chi connectivity index (χ3n) is 8.47. The van der Waals surface area contributed by atoms with Crippen LogP contribution in [0.2, 0.25) is 0 Å². The molecule has 1 N–H and O–H groups in total. The molecule has 1 amide bonds. The normalized spacial score (nSPS) is 24.0. The van der Waals surface area contributed by atoms with Crippen molar-refractivity contribution in [1.82, 2.24) is 19.8 Å². The Balaban J connectivity index is 1.27. The number of benzene rings is 1. The number of piperidine rings is 1. The van der Waals surface area contributed by atoms with Crippen LogP contribution in [0.25, 0.3) is 10.9 Å². The summed E-state index contributed by atoms with van der Waals surface area (Å²) in [6, 6.07) is 14.3. The van der Waals surface area contributed by atoms with Crippen molar-refractivity contribution >= 4 is 16.8 Å². The van der Waals surface area contributed by atoms with Gasteiger partial charge in [0.2, 0.25) is 0 Å². The second-order valence-corrected chi connectivity index (χ2v) is 10.5. The molecule has 0 bridgehead atoms. The van der Waals surface area contributed by atoms with E-state index in [1.54, 1.807) is 12.4 Å². The van der Waals surface area contributed by atoms with Gasteiger partial charge in [-0.15, -0.1) is 0 Å². The highest BCUT2D eigenvalue weighted by Crippen LogP contribution is 2.38. The third-order valence-corrected chi connectivity index (χ3v) is 8.47. The molecule has 1 saturated carbocycles. The molecule has 184 valence electrons. The Labute approximate surface area is 211 Å². The van der Waals surface area contributed by atoms with Crippen LogP contribution in [0.1, 0.15) is 65.7 Å². The van der Waals surface area contributed by atoms with Gasteiger partial charge in [0.15, 0.2) is 0 Å². The number of hydrogen-bond acceptors (Lipinski definition) is 6. The minimum Gasteiger partial charge on any atom is -0.391 e. The van der Waals surface area contributed by atoms with E-state index in [9.17, 15) is 15.2 Å². The molecule has 3 aromatic rings. The molecule has 36 heavy (non-hydrogen) atoms. The molecule has 7 nitrogen and oxygen atoms in total. The van der Waals surface area contributed by atoms with E-state index >= 15 is 0 Å². The Hall–Kier alpha value is -3.34. The van der Waals surface area contributed by atoms with Gasteiger partial charge in [0.05, 0.1) is 29.4 Å². The van der Waals surface area contributed by atoms with Gasteiger partial charge in [-0.05, 0) is 55.5 Å². The minimum absolute atomic E-state index is 0.0158. The fourth-order valence-electron chi connectivity index (χ4n) is 6.38. The lowest BCUT2D eigenvalue weighted by molar-refractivity contribution is 0.0192. The number of carbonyl (C=O) groups excluding carboxylic acids is 1. The Bertz CT molecular complexity index is 1330. The fraction of sp³-hybridized carbons (Fsp3) is 0.448. The molecule has 6 rings (SSSR count). The Kier molecular flexibility index (Phi) is 5.94. The first kappa shape index (κ1) is 23.1. The van der Waals surface area contributed by atoms with Gasteiger partial charge in [-0.2, -0.15) is 5.26 Å². The highest BCUT2D eigenvalue weighted by molar-refractivity contribution is 6.04. The monoisotopic (exact) mass is 481 g/mol. The van der Waals surface area contributed by atoms with Crippen molar-refractivity contribution in [2.24, 2.45) is 0 Å². The van der Waals surface area contributed by atoms with Gasteiger partial charge in [0, 0.05) is 55.1 Å². The average Bonchev–Trinajstić information content (AvgIpc) is 3.26. The molecule has 1 aromatic carbocycles. The summed E-state index contributed by atoms with van der Waals surface area (Å²) in [5.41, 5.74) is 4.01. The summed E-state index contributed by atoms with van der Waals surface area (Å²) in [6.07, 6.45) is 8.23. The van der Waals surface area contributed by atoms with E-state index in [2.05, 4.69) is 28.1 Å². The number of pyridine rings is 2. The third kappa shape index (κ3) is 3.85. The fourth-order valence-corrected chi connectivity index (χ4v) is 6.38. The molecular formula is C29H31N5O2. The second-order valence-electron chi connectivity index (χ2n) is 10.5. The molecule has 3 aliphatic rings. The number of nitriles is 1. The molecule has 2 fully saturated rings. The molecule has 2 aliphatic heterocycles. The van der Waals surface area contributed by atoms with Gasteiger partial charge in [-0.1, -0.05) is 25.0 Å². The van der Waals surface area contributed by atoms with E-state index in [4.69, 9.17) is 4.98 Å². The zero-order valence-corrected chi connectivity index (χ0v) is 20.4. The summed E-state index contributed by atoms with van der Waals surface area (Å²) in [5.74, 6) is 0.0158. The second kappa shape index (κ2) is 9.27. The van der Waals surface area contributed by atoms with Crippen LogP contribution in [0.3, 0.4) is 0 Å². The van der Waals surface area contributed by atoms with Crippen molar-refractivity contribution in [3.05, 3.63) is 71.2 Å². The predicted molar refractivity (Wildman–Crippen MR) is 136 cm³/mol. The smallest absolute Gasteiger partial charge is 0.254 e. The number of aromatic nitrogens is 2. The molecule has 0 spiro atoms. The van der Waals surface area contributed by atoms with E-state index < -0.39 is 11.5 Å². The topological polar surface area (TPSA) is 93.3 Å². The highest BCUT2D eigenvalue weighted by Gasteiger charge is 2.40. The summed E-state index contributed by atoms with van der Waals surface area (Å²) < 4.78 is 0. The summed E-state index contributed by atoms with van der Waals surface area (Å²) >= 11 is 0. The van der Waals surface area contributed by atoms with Crippen molar-refractivity contribution in [3.63, 3.8) is 0 Å². The lowest BCUT2D eigenvalue weighted by Crippen LogP contribution is -2.45. The van der Waals surface area contributed by atoms with Crippen molar-refractivity contribution in [2.75, 3.05) is 13.1 Å². The van der Waals surface area contributed by atoms with Crippen LogP contribution in [-0.2, 0) is 18.5 Å². The van der Waals surface area contributed by atoms with Crippen molar-refractivity contribution in [1.29, 1.82) is 5.26 Å². The molecule has 0 unspecified atom stereocenters. The number of aliphatic hydroxyl groups excluding tert-OH is 1. The maximum atomic E-state index is 13.5. The number of likely N-dealkylation sites (tertiary alicyclic amines) is 1. The molecule has 0 radical (unpaired) electrons. The van der Waals surface area contributed by atoms with Crippen molar-refractivity contribution in [2.45, 2.75) is 69.2 Å². The first-order valence-electron chi connectivity index (χ1n) is 13.0. The average molecular weight is 482 g/mol. The van der Waals surface area contributed by atoms with Crippen LogP contribution in [-0.4, -0.2) is 56.0 Å². The summed E-state index contributed by atoms with van der Waals surface area (Å²) in [6.45, 7) is 2.80. The number of amides is 1. The van der Waals surface area contributed by atoms with Crippen LogP contribution < -0.4 is 0 Å². The van der Waals surface area contributed by atoms with Gasteiger partial charge in [0.1, 0.15) is 5.41 Å². The van der Waals surface area contributed by atoms with Gasteiger partial charge >= 0.3 is 0 Å². The van der Waals surface area contributed by atoms with Gasteiger partial charge in [-0.3, -0.25) is 19.7 Å². The summed E-state index contributed by atoms with van der Waals surface area (Å²) in [5, 5.41) is 21.7. The largest absolute Gasteiger partial charge is 0.391 e. The zero-order valence-electron chi connectivity index (χ0n) is 20.4. The van der Waals surface area contributed by atoms with Gasteiger partial charge < -0.3 is 10.0 Å². The molecule has 7 heteroatoms.